The van der Waals surface area contributed by atoms with Crippen molar-refractivity contribution in [2.75, 3.05) is 25.4 Å². The molecule has 7 heteroatoms. The number of likely N-dealkylation sites (tertiary alicyclic amines) is 1. The Morgan fingerprint density at radius 1 is 1.20 bits per heavy atom. The number of Topliss-reactive ketones (excluding diaryl/α,β-unsaturated/α-hetero) is 1. The molecular weight excluding hydrogens is 401 g/mol. The highest BCUT2D eigenvalue weighted by Crippen LogP contribution is 2.39. The molecule has 0 amide bonds. The lowest BCUT2D eigenvalue weighted by atomic mass is 10.0. The zero-order chi connectivity index (χ0) is 21.1. The van der Waals surface area contributed by atoms with Gasteiger partial charge < -0.3 is 15.7 Å². The first-order chi connectivity index (χ1) is 14.5. The van der Waals surface area contributed by atoms with Crippen molar-refractivity contribution >= 4 is 22.3 Å². The second-order valence-electron chi connectivity index (χ2n) is 7.63. The number of rotatable bonds is 7. The Morgan fingerprint density at radius 2 is 1.93 bits per heavy atom. The van der Waals surface area contributed by atoms with Crippen molar-refractivity contribution in [3.8, 4) is 17.0 Å². The van der Waals surface area contributed by atoms with E-state index in [0.717, 1.165) is 48.6 Å². The molecule has 0 aliphatic carbocycles. The number of benzene rings is 2. The van der Waals surface area contributed by atoms with Crippen LogP contribution < -0.4 is 5.73 Å². The van der Waals surface area contributed by atoms with Crippen molar-refractivity contribution in [2.45, 2.75) is 25.2 Å². The predicted molar refractivity (Wildman–Crippen MR) is 117 cm³/mol. The van der Waals surface area contributed by atoms with Crippen LogP contribution in [-0.2, 0) is 0 Å². The number of ketones is 1. The van der Waals surface area contributed by atoms with Crippen LogP contribution in [-0.4, -0.2) is 40.4 Å². The maximum absolute atomic E-state index is 13.3. The lowest BCUT2D eigenvalue weighted by molar-refractivity contribution is 0.0976. The first-order valence-corrected chi connectivity index (χ1v) is 10.9. The van der Waals surface area contributed by atoms with Crippen LogP contribution >= 0.6 is 11.3 Å². The molecule has 0 spiro atoms. The molecule has 2 heterocycles. The molecule has 156 valence electrons. The van der Waals surface area contributed by atoms with E-state index in [1.807, 2.05) is 0 Å². The predicted octanol–water partition coefficient (Wildman–Crippen LogP) is 4.69. The third kappa shape index (κ3) is 4.68. The van der Waals surface area contributed by atoms with Crippen molar-refractivity contribution in [3.63, 3.8) is 0 Å². The molecular formula is C23H24FN3O2S. The van der Waals surface area contributed by atoms with E-state index in [-0.39, 0.29) is 17.3 Å². The molecule has 1 aliphatic heterocycles. The molecule has 1 saturated heterocycles. The maximum Gasteiger partial charge on any atom is 0.180 e. The molecule has 5 nitrogen and oxygen atoms in total. The van der Waals surface area contributed by atoms with E-state index in [4.69, 9.17) is 5.73 Å². The SMILES string of the molecule is Nc1nc(-c2ccc(F)cc2)c(C2CCN(CCCC(=O)c3ccc(O)cc3)C2)s1. The fourth-order valence-electron chi connectivity index (χ4n) is 3.94. The van der Waals surface area contributed by atoms with Crippen LogP contribution in [0, 0.1) is 5.82 Å². The molecule has 0 saturated carbocycles. The van der Waals surface area contributed by atoms with E-state index in [9.17, 15) is 14.3 Å². The van der Waals surface area contributed by atoms with Crippen LogP contribution in [0.15, 0.2) is 48.5 Å². The van der Waals surface area contributed by atoms with Gasteiger partial charge >= 0.3 is 0 Å². The molecule has 1 aliphatic rings. The van der Waals surface area contributed by atoms with E-state index in [1.54, 1.807) is 24.3 Å². The molecule has 1 unspecified atom stereocenters. The summed E-state index contributed by atoms with van der Waals surface area (Å²) in [7, 11) is 0. The number of carbonyl (C=O) groups excluding carboxylic acids is 1. The fourth-order valence-corrected chi connectivity index (χ4v) is 4.93. The Morgan fingerprint density at radius 3 is 2.67 bits per heavy atom. The van der Waals surface area contributed by atoms with E-state index < -0.39 is 0 Å². The zero-order valence-corrected chi connectivity index (χ0v) is 17.4. The highest BCUT2D eigenvalue weighted by atomic mass is 32.1. The molecule has 2 aromatic carbocycles. The molecule has 4 rings (SSSR count). The number of nitrogens with zero attached hydrogens (tertiary/aromatic N) is 2. The van der Waals surface area contributed by atoms with E-state index in [0.29, 0.717) is 23.0 Å². The first-order valence-electron chi connectivity index (χ1n) is 10.1. The van der Waals surface area contributed by atoms with Gasteiger partial charge in [-0.25, -0.2) is 9.37 Å². The second kappa shape index (κ2) is 8.93. The highest BCUT2D eigenvalue weighted by Gasteiger charge is 2.28. The zero-order valence-electron chi connectivity index (χ0n) is 16.6. The lowest BCUT2D eigenvalue weighted by Gasteiger charge is -2.15. The van der Waals surface area contributed by atoms with Gasteiger partial charge in [0.1, 0.15) is 11.6 Å². The summed E-state index contributed by atoms with van der Waals surface area (Å²) in [5.74, 6) is 0.336. The minimum atomic E-state index is -0.266. The molecule has 1 atom stereocenters. The Balaban J connectivity index is 1.34. The van der Waals surface area contributed by atoms with Gasteiger partial charge in [0.25, 0.3) is 0 Å². The van der Waals surface area contributed by atoms with Gasteiger partial charge in [-0.15, -0.1) is 11.3 Å². The number of phenols is 1. The molecule has 0 radical (unpaired) electrons. The normalized spacial score (nSPS) is 16.8. The molecule has 3 N–H and O–H groups in total. The van der Waals surface area contributed by atoms with Crippen molar-refractivity contribution in [1.82, 2.24) is 9.88 Å². The monoisotopic (exact) mass is 425 g/mol. The van der Waals surface area contributed by atoms with Gasteiger partial charge in [-0.05, 0) is 74.5 Å². The number of phenolic OH excluding ortho intramolecular Hbond substituents is 1. The van der Waals surface area contributed by atoms with Crippen LogP contribution in [0.2, 0.25) is 0 Å². The fraction of sp³-hybridized carbons (Fsp3) is 0.304. The summed E-state index contributed by atoms with van der Waals surface area (Å²) < 4.78 is 13.3. The minimum absolute atomic E-state index is 0.0968. The van der Waals surface area contributed by atoms with Gasteiger partial charge in [0.05, 0.1) is 5.69 Å². The molecule has 3 aromatic rings. The van der Waals surface area contributed by atoms with E-state index >= 15 is 0 Å². The van der Waals surface area contributed by atoms with E-state index in [1.165, 1.54) is 35.6 Å². The summed E-state index contributed by atoms with van der Waals surface area (Å²) >= 11 is 1.51. The van der Waals surface area contributed by atoms with Gasteiger partial charge in [0.15, 0.2) is 10.9 Å². The Labute approximate surface area is 179 Å². The number of hydrogen-bond acceptors (Lipinski definition) is 6. The van der Waals surface area contributed by atoms with Crippen LogP contribution in [0.4, 0.5) is 9.52 Å². The van der Waals surface area contributed by atoms with Gasteiger partial charge in [0, 0.05) is 34.9 Å². The Bertz CT molecular complexity index is 1020. The van der Waals surface area contributed by atoms with Gasteiger partial charge in [-0.3, -0.25) is 4.79 Å². The second-order valence-corrected chi connectivity index (χ2v) is 8.69. The number of halogens is 1. The third-order valence-electron chi connectivity index (χ3n) is 5.50. The number of carbonyl (C=O) groups is 1. The van der Waals surface area contributed by atoms with Gasteiger partial charge in [-0.1, -0.05) is 0 Å². The average Bonchev–Trinajstić information content (AvgIpc) is 3.35. The topological polar surface area (TPSA) is 79.5 Å². The third-order valence-corrected chi connectivity index (χ3v) is 6.55. The van der Waals surface area contributed by atoms with Gasteiger partial charge in [0.2, 0.25) is 0 Å². The van der Waals surface area contributed by atoms with Crippen molar-refractivity contribution < 1.29 is 14.3 Å². The largest absolute Gasteiger partial charge is 0.508 e. The summed E-state index contributed by atoms with van der Waals surface area (Å²) in [6, 6.07) is 12.8. The number of aromatic hydroxyl groups is 1. The number of thiazole rings is 1. The number of nitrogen functional groups attached to an aromatic ring is 1. The molecule has 30 heavy (non-hydrogen) atoms. The summed E-state index contributed by atoms with van der Waals surface area (Å²) in [5.41, 5.74) is 8.37. The lowest BCUT2D eigenvalue weighted by Crippen LogP contribution is -2.22. The maximum atomic E-state index is 13.3. The average molecular weight is 426 g/mol. The quantitative estimate of drug-likeness (QED) is 0.537. The van der Waals surface area contributed by atoms with Gasteiger partial charge in [-0.2, -0.15) is 0 Å². The van der Waals surface area contributed by atoms with Crippen LogP contribution in [0.5, 0.6) is 5.75 Å². The van der Waals surface area contributed by atoms with Crippen molar-refractivity contribution in [3.05, 3.63) is 64.8 Å². The summed E-state index contributed by atoms with van der Waals surface area (Å²) in [6.45, 7) is 2.74. The molecule has 1 fully saturated rings. The smallest absolute Gasteiger partial charge is 0.180 e. The van der Waals surface area contributed by atoms with Crippen molar-refractivity contribution in [1.29, 1.82) is 0 Å². The Kier molecular flexibility index (Phi) is 6.11. The number of anilines is 1. The summed E-state index contributed by atoms with van der Waals surface area (Å²) in [6.07, 6.45) is 2.30. The number of hydrogen-bond donors (Lipinski definition) is 2. The Hall–Kier alpha value is -2.77. The van der Waals surface area contributed by atoms with Crippen LogP contribution in [0.1, 0.15) is 40.4 Å². The summed E-state index contributed by atoms with van der Waals surface area (Å²) in [5, 5.41) is 9.87. The van der Waals surface area contributed by atoms with Crippen LogP contribution in [0.25, 0.3) is 11.3 Å². The van der Waals surface area contributed by atoms with E-state index in [2.05, 4.69) is 9.88 Å². The van der Waals surface area contributed by atoms with Crippen LogP contribution in [0.3, 0.4) is 0 Å². The number of aromatic nitrogens is 1. The highest BCUT2D eigenvalue weighted by molar-refractivity contribution is 7.15. The summed E-state index contributed by atoms with van der Waals surface area (Å²) in [4.78, 5) is 20.3. The number of nitrogens with two attached hydrogens (primary N) is 1. The minimum Gasteiger partial charge on any atom is -0.508 e. The molecule has 0 bridgehead atoms. The molecule has 1 aromatic heterocycles. The first kappa shape index (κ1) is 20.5. The standard InChI is InChI=1S/C23H24FN3O2S/c24-18-7-3-16(4-8-18)21-22(30-23(25)26-21)17-11-13-27(14-17)12-1-2-20(29)15-5-9-19(28)10-6-15/h3-10,17,28H,1-2,11-14H2,(H2,25,26). The van der Waals surface area contributed by atoms with Crippen molar-refractivity contribution in [2.24, 2.45) is 0 Å².